The number of carbonyl (C=O) groups is 2. The van der Waals surface area contributed by atoms with Crippen molar-refractivity contribution in [2.45, 2.75) is 50.7 Å². The normalized spacial score (nSPS) is 16.9. The third-order valence-corrected chi connectivity index (χ3v) is 9.19. The van der Waals surface area contributed by atoms with Gasteiger partial charge in [0.15, 0.2) is 5.16 Å². The molecular weight excluding hydrogens is 548 g/mol. The highest BCUT2D eigenvalue weighted by molar-refractivity contribution is 7.99. The minimum absolute atomic E-state index is 0.0973. The molecule has 4 aromatic rings. The number of thiophene rings is 1. The lowest BCUT2D eigenvalue weighted by Crippen LogP contribution is -2.46. The number of fused-ring (bicyclic) bond motifs is 3. The fourth-order valence-electron chi connectivity index (χ4n) is 5.27. The minimum atomic E-state index is -0.808. The van der Waals surface area contributed by atoms with Gasteiger partial charge in [-0.25, -0.2) is 14.6 Å². The summed E-state index contributed by atoms with van der Waals surface area (Å²) in [5, 5.41) is 6.73. The topological polar surface area (TPSA) is 115 Å². The fraction of sp³-hybridized carbons (Fsp3) is 0.310. The van der Waals surface area contributed by atoms with Gasteiger partial charge in [-0.05, 0) is 74.9 Å². The highest BCUT2D eigenvalue weighted by atomic mass is 32.2. The first-order chi connectivity index (χ1) is 19.4. The van der Waals surface area contributed by atoms with Crippen molar-refractivity contribution in [3.8, 4) is 5.69 Å². The maximum absolute atomic E-state index is 14.1. The van der Waals surface area contributed by atoms with Crippen LogP contribution in [-0.2, 0) is 22.4 Å². The SMILES string of the molecule is CCOC(=O)C1=C(CSc2nc3sc4c(c3c(=O)n2-c2cccc(C)c2)CCCC4)NC(=O)NC1c1ccco1. The number of hydrogen-bond acceptors (Lipinski definition) is 8. The van der Waals surface area contributed by atoms with E-state index < -0.39 is 18.0 Å². The molecule has 1 aromatic carbocycles. The van der Waals surface area contributed by atoms with Crippen LogP contribution < -0.4 is 16.2 Å². The van der Waals surface area contributed by atoms with E-state index in [-0.39, 0.29) is 23.5 Å². The number of ether oxygens (including phenoxy) is 1. The lowest BCUT2D eigenvalue weighted by molar-refractivity contribution is -0.139. The van der Waals surface area contributed by atoms with Crippen molar-refractivity contribution >= 4 is 45.3 Å². The molecule has 1 atom stereocenters. The Labute approximate surface area is 238 Å². The molecule has 0 saturated carbocycles. The van der Waals surface area contributed by atoms with E-state index in [1.807, 2.05) is 31.2 Å². The summed E-state index contributed by atoms with van der Waals surface area (Å²) < 4.78 is 12.5. The molecule has 2 N–H and O–H groups in total. The summed E-state index contributed by atoms with van der Waals surface area (Å²) in [7, 11) is 0. The first kappa shape index (κ1) is 26.4. The Balaban J connectivity index is 1.47. The highest BCUT2D eigenvalue weighted by Crippen LogP contribution is 2.36. The first-order valence-corrected chi connectivity index (χ1v) is 15.0. The second kappa shape index (κ2) is 11.0. The van der Waals surface area contributed by atoms with Crippen LogP contribution in [-0.4, -0.2) is 33.9 Å². The summed E-state index contributed by atoms with van der Waals surface area (Å²) in [6.07, 6.45) is 5.51. The van der Waals surface area contributed by atoms with Crippen LogP contribution in [0, 0.1) is 6.92 Å². The van der Waals surface area contributed by atoms with E-state index in [0.29, 0.717) is 22.0 Å². The molecule has 40 heavy (non-hydrogen) atoms. The zero-order valence-electron chi connectivity index (χ0n) is 22.1. The molecule has 4 heterocycles. The summed E-state index contributed by atoms with van der Waals surface area (Å²) in [5.41, 5.74) is 3.40. The van der Waals surface area contributed by atoms with Crippen molar-refractivity contribution in [2.75, 3.05) is 12.4 Å². The molecule has 1 aliphatic carbocycles. The molecule has 6 rings (SSSR count). The van der Waals surface area contributed by atoms with Gasteiger partial charge in [-0.3, -0.25) is 9.36 Å². The molecule has 206 valence electrons. The number of benzene rings is 1. The van der Waals surface area contributed by atoms with E-state index in [0.717, 1.165) is 47.3 Å². The number of esters is 1. The van der Waals surface area contributed by atoms with Crippen LogP contribution in [0.5, 0.6) is 0 Å². The van der Waals surface area contributed by atoms with Crippen molar-refractivity contribution in [1.29, 1.82) is 0 Å². The monoisotopic (exact) mass is 576 g/mol. The van der Waals surface area contributed by atoms with Crippen LogP contribution in [0.3, 0.4) is 0 Å². The van der Waals surface area contributed by atoms with Crippen LogP contribution in [0.25, 0.3) is 15.9 Å². The smallest absolute Gasteiger partial charge is 0.338 e. The number of amides is 2. The average molecular weight is 577 g/mol. The Bertz CT molecular complexity index is 1700. The van der Waals surface area contributed by atoms with Gasteiger partial charge in [0.2, 0.25) is 0 Å². The zero-order valence-corrected chi connectivity index (χ0v) is 23.7. The number of hydrogen-bond donors (Lipinski definition) is 2. The Hall–Kier alpha value is -3.83. The van der Waals surface area contributed by atoms with Gasteiger partial charge in [0.05, 0.1) is 29.5 Å². The Morgan fingerprint density at radius 2 is 2.08 bits per heavy atom. The zero-order chi connectivity index (χ0) is 27.8. The predicted octanol–water partition coefficient (Wildman–Crippen LogP) is 5.19. The van der Waals surface area contributed by atoms with Gasteiger partial charge in [-0.15, -0.1) is 11.3 Å². The summed E-state index contributed by atoms with van der Waals surface area (Å²) in [4.78, 5) is 46.8. The largest absolute Gasteiger partial charge is 0.467 e. The highest BCUT2D eigenvalue weighted by Gasteiger charge is 2.35. The molecule has 2 amide bonds. The van der Waals surface area contributed by atoms with Gasteiger partial charge in [0.25, 0.3) is 5.56 Å². The Kier molecular flexibility index (Phi) is 7.24. The van der Waals surface area contributed by atoms with Gasteiger partial charge in [0, 0.05) is 16.3 Å². The molecule has 9 nitrogen and oxygen atoms in total. The molecule has 2 aliphatic rings. The second-order valence-corrected chi connectivity index (χ2v) is 11.7. The molecule has 0 fully saturated rings. The molecule has 1 unspecified atom stereocenters. The number of nitrogens with one attached hydrogen (secondary N) is 2. The van der Waals surface area contributed by atoms with E-state index in [4.69, 9.17) is 14.1 Å². The Morgan fingerprint density at radius 3 is 2.85 bits per heavy atom. The van der Waals surface area contributed by atoms with Gasteiger partial charge >= 0.3 is 12.0 Å². The number of aryl methyl sites for hydroxylation is 3. The van der Waals surface area contributed by atoms with Crippen molar-refractivity contribution in [3.05, 3.63) is 86.0 Å². The second-order valence-electron chi connectivity index (χ2n) is 9.71. The number of rotatable bonds is 7. The summed E-state index contributed by atoms with van der Waals surface area (Å²) >= 11 is 2.88. The average Bonchev–Trinajstić information content (AvgIpc) is 3.60. The van der Waals surface area contributed by atoms with Gasteiger partial charge < -0.3 is 19.8 Å². The van der Waals surface area contributed by atoms with Crippen molar-refractivity contribution < 1.29 is 18.7 Å². The van der Waals surface area contributed by atoms with E-state index in [1.165, 1.54) is 22.9 Å². The fourth-order valence-corrected chi connectivity index (χ4v) is 7.55. The Morgan fingerprint density at radius 1 is 1.23 bits per heavy atom. The van der Waals surface area contributed by atoms with Gasteiger partial charge in [-0.1, -0.05) is 23.9 Å². The maximum Gasteiger partial charge on any atom is 0.338 e. The number of carbonyl (C=O) groups excluding carboxylic acids is 2. The minimum Gasteiger partial charge on any atom is -0.467 e. The molecule has 0 radical (unpaired) electrons. The third-order valence-electron chi connectivity index (χ3n) is 7.04. The summed E-state index contributed by atoms with van der Waals surface area (Å²) in [6, 6.07) is 9.88. The maximum atomic E-state index is 14.1. The molecule has 1 aliphatic heterocycles. The van der Waals surface area contributed by atoms with Crippen molar-refractivity contribution in [2.24, 2.45) is 0 Å². The summed E-state index contributed by atoms with van der Waals surface area (Å²) in [6.45, 7) is 3.88. The molecule has 0 saturated heterocycles. The summed E-state index contributed by atoms with van der Waals surface area (Å²) in [5.74, 6) is 0.0337. The van der Waals surface area contributed by atoms with Crippen LogP contribution in [0.4, 0.5) is 4.79 Å². The van der Waals surface area contributed by atoms with Crippen LogP contribution in [0.2, 0.25) is 0 Å². The van der Waals surface area contributed by atoms with E-state index in [1.54, 1.807) is 35.0 Å². The van der Waals surface area contributed by atoms with Crippen molar-refractivity contribution in [1.82, 2.24) is 20.2 Å². The van der Waals surface area contributed by atoms with E-state index in [9.17, 15) is 14.4 Å². The predicted molar refractivity (Wildman–Crippen MR) is 154 cm³/mol. The number of nitrogens with zero attached hydrogens (tertiary/aromatic N) is 2. The third kappa shape index (κ3) is 4.84. The molecule has 11 heteroatoms. The van der Waals surface area contributed by atoms with E-state index >= 15 is 0 Å². The molecular formula is C29H28N4O5S2. The van der Waals surface area contributed by atoms with Gasteiger partial charge in [-0.2, -0.15) is 0 Å². The van der Waals surface area contributed by atoms with Crippen molar-refractivity contribution in [3.63, 3.8) is 0 Å². The number of aromatic nitrogens is 2. The van der Waals surface area contributed by atoms with Crippen LogP contribution in [0.1, 0.15) is 47.6 Å². The molecule has 0 bridgehead atoms. The lowest BCUT2D eigenvalue weighted by Gasteiger charge is -2.27. The van der Waals surface area contributed by atoms with Gasteiger partial charge in [0.1, 0.15) is 16.6 Å². The number of thioether (sulfide) groups is 1. The number of furan rings is 1. The van der Waals surface area contributed by atoms with Crippen LogP contribution in [0.15, 0.2) is 68.3 Å². The lowest BCUT2D eigenvalue weighted by atomic mass is 9.97. The first-order valence-electron chi connectivity index (χ1n) is 13.2. The van der Waals surface area contributed by atoms with E-state index in [2.05, 4.69) is 10.6 Å². The number of urea groups is 1. The quantitative estimate of drug-likeness (QED) is 0.177. The molecule has 3 aromatic heterocycles. The molecule has 0 spiro atoms. The van der Waals surface area contributed by atoms with Crippen LogP contribution >= 0.6 is 23.1 Å². The standard InChI is InChI=1S/C29H28N4O5S2/c1-3-37-27(35)23-19(30-28(36)31-24(23)20-11-7-13-38-20)15-39-29-32-25-22(18-10-4-5-12-21(18)40-25)26(34)33(29)17-9-6-8-16(2)14-17/h6-9,11,13-14,24H,3-5,10,12,15H2,1-2H3,(H2,30,31,36).